The second-order valence-electron chi connectivity index (χ2n) is 3.71. The van der Waals surface area contributed by atoms with Crippen molar-refractivity contribution in [2.75, 3.05) is 0 Å². The monoisotopic (exact) mass is 204 g/mol. The molecule has 0 saturated heterocycles. The molecule has 4 nitrogen and oxygen atoms in total. The Labute approximate surface area is 89.6 Å². The number of aryl methyl sites for hydroxylation is 3. The standard InChI is InChI=1S/C11H16N4/c1-4-14-6-5-12-11(14)8-15-10(3)7-9(2)13-15/h5-7H,4,8H2,1-3H3. The molecule has 0 spiro atoms. The first kappa shape index (κ1) is 9.96. The van der Waals surface area contributed by atoms with Gasteiger partial charge in [0.25, 0.3) is 0 Å². The van der Waals surface area contributed by atoms with Gasteiger partial charge < -0.3 is 4.57 Å². The van der Waals surface area contributed by atoms with Gasteiger partial charge in [0.2, 0.25) is 0 Å². The van der Waals surface area contributed by atoms with E-state index >= 15 is 0 Å². The molecule has 0 aliphatic carbocycles. The molecule has 0 bridgehead atoms. The van der Waals surface area contributed by atoms with Gasteiger partial charge in [0, 0.05) is 24.6 Å². The Kier molecular flexibility index (Phi) is 2.58. The lowest BCUT2D eigenvalue weighted by Crippen LogP contribution is -2.10. The van der Waals surface area contributed by atoms with Crippen LogP contribution < -0.4 is 0 Å². The summed E-state index contributed by atoms with van der Waals surface area (Å²) in [6, 6.07) is 2.08. The second kappa shape index (κ2) is 3.88. The highest BCUT2D eigenvalue weighted by molar-refractivity contribution is 5.08. The maximum atomic E-state index is 4.42. The van der Waals surface area contributed by atoms with Crippen LogP contribution in [-0.4, -0.2) is 19.3 Å². The molecule has 0 aliphatic rings. The Balaban J connectivity index is 2.25. The van der Waals surface area contributed by atoms with Crippen molar-refractivity contribution in [3.05, 3.63) is 35.7 Å². The van der Waals surface area contributed by atoms with Crippen molar-refractivity contribution in [2.45, 2.75) is 33.9 Å². The summed E-state index contributed by atoms with van der Waals surface area (Å²) >= 11 is 0. The zero-order valence-electron chi connectivity index (χ0n) is 9.44. The van der Waals surface area contributed by atoms with E-state index in [0.717, 1.165) is 24.6 Å². The van der Waals surface area contributed by atoms with E-state index < -0.39 is 0 Å². The first-order valence-corrected chi connectivity index (χ1v) is 5.21. The molecule has 2 aromatic rings. The number of imidazole rings is 1. The summed E-state index contributed by atoms with van der Waals surface area (Å²) in [6.07, 6.45) is 3.84. The molecule has 0 N–H and O–H groups in total. The van der Waals surface area contributed by atoms with Gasteiger partial charge in [-0.2, -0.15) is 5.10 Å². The van der Waals surface area contributed by atoms with Crippen LogP contribution in [0.25, 0.3) is 0 Å². The Morgan fingerprint density at radius 1 is 1.33 bits per heavy atom. The summed E-state index contributed by atoms with van der Waals surface area (Å²) in [7, 11) is 0. The molecular formula is C11H16N4. The van der Waals surface area contributed by atoms with Crippen molar-refractivity contribution in [1.29, 1.82) is 0 Å². The van der Waals surface area contributed by atoms with E-state index in [1.165, 1.54) is 5.69 Å². The molecule has 0 radical (unpaired) electrons. The Morgan fingerprint density at radius 3 is 2.73 bits per heavy atom. The van der Waals surface area contributed by atoms with Crippen molar-refractivity contribution in [3.8, 4) is 0 Å². The number of aromatic nitrogens is 4. The van der Waals surface area contributed by atoms with Crippen LogP contribution in [-0.2, 0) is 13.1 Å². The molecule has 4 heteroatoms. The summed E-state index contributed by atoms with van der Waals surface area (Å²) in [5.74, 6) is 1.06. The average Bonchev–Trinajstić information content (AvgIpc) is 2.74. The molecular weight excluding hydrogens is 188 g/mol. The zero-order chi connectivity index (χ0) is 10.8. The molecule has 0 aliphatic heterocycles. The third-order valence-electron chi connectivity index (χ3n) is 2.54. The fourth-order valence-corrected chi connectivity index (χ4v) is 1.75. The topological polar surface area (TPSA) is 35.6 Å². The minimum Gasteiger partial charge on any atom is -0.334 e. The summed E-state index contributed by atoms with van der Waals surface area (Å²) in [6.45, 7) is 7.90. The highest BCUT2D eigenvalue weighted by Crippen LogP contribution is 2.06. The van der Waals surface area contributed by atoms with Crippen LogP contribution in [0, 0.1) is 13.8 Å². The zero-order valence-corrected chi connectivity index (χ0v) is 9.44. The first-order chi connectivity index (χ1) is 7.20. The van der Waals surface area contributed by atoms with E-state index in [-0.39, 0.29) is 0 Å². The molecule has 2 heterocycles. The quantitative estimate of drug-likeness (QED) is 0.763. The molecule has 0 fully saturated rings. The lowest BCUT2D eigenvalue weighted by atomic mass is 10.4. The largest absolute Gasteiger partial charge is 0.334 e. The van der Waals surface area contributed by atoms with E-state index in [9.17, 15) is 0 Å². The van der Waals surface area contributed by atoms with Crippen LogP contribution in [0.4, 0.5) is 0 Å². The Bertz CT molecular complexity index is 453. The van der Waals surface area contributed by atoms with Crippen LogP contribution in [0.2, 0.25) is 0 Å². The van der Waals surface area contributed by atoms with E-state index in [4.69, 9.17) is 0 Å². The van der Waals surface area contributed by atoms with Gasteiger partial charge in [-0.3, -0.25) is 4.68 Å². The second-order valence-corrected chi connectivity index (χ2v) is 3.71. The highest BCUT2D eigenvalue weighted by Gasteiger charge is 2.05. The molecule has 15 heavy (non-hydrogen) atoms. The van der Waals surface area contributed by atoms with Crippen LogP contribution in [0.15, 0.2) is 18.5 Å². The molecule has 0 unspecified atom stereocenters. The van der Waals surface area contributed by atoms with Crippen molar-refractivity contribution < 1.29 is 0 Å². The molecule has 2 rings (SSSR count). The summed E-state index contributed by atoms with van der Waals surface area (Å²) in [5.41, 5.74) is 2.24. The summed E-state index contributed by atoms with van der Waals surface area (Å²) in [5, 5.41) is 4.42. The SMILES string of the molecule is CCn1ccnc1Cn1nc(C)cc1C. The van der Waals surface area contributed by atoms with E-state index in [1.807, 2.05) is 24.0 Å². The third kappa shape index (κ3) is 1.93. The van der Waals surface area contributed by atoms with E-state index in [2.05, 4.69) is 34.6 Å². The third-order valence-corrected chi connectivity index (χ3v) is 2.54. The van der Waals surface area contributed by atoms with E-state index in [0.29, 0.717) is 0 Å². The van der Waals surface area contributed by atoms with Gasteiger partial charge in [-0.05, 0) is 26.8 Å². The van der Waals surface area contributed by atoms with Gasteiger partial charge in [-0.1, -0.05) is 0 Å². The lowest BCUT2D eigenvalue weighted by Gasteiger charge is -2.06. The maximum absolute atomic E-state index is 4.42. The molecule has 0 saturated carbocycles. The lowest BCUT2D eigenvalue weighted by molar-refractivity contribution is 0.592. The van der Waals surface area contributed by atoms with Crippen molar-refractivity contribution in [1.82, 2.24) is 19.3 Å². The van der Waals surface area contributed by atoms with Crippen molar-refractivity contribution >= 4 is 0 Å². The average molecular weight is 204 g/mol. The van der Waals surface area contributed by atoms with E-state index in [1.54, 1.807) is 0 Å². The maximum Gasteiger partial charge on any atom is 0.130 e. The smallest absolute Gasteiger partial charge is 0.130 e. The van der Waals surface area contributed by atoms with Crippen molar-refractivity contribution in [2.24, 2.45) is 0 Å². The Hall–Kier alpha value is -1.58. The normalized spacial score (nSPS) is 10.9. The minimum absolute atomic E-state index is 0.751. The number of rotatable bonds is 3. The van der Waals surface area contributed by atoms with Gasteiger partial charge in [0.05, 0.1) is 12.2 Å². The predicted molar refractivity (Wildman–Crippen MR) is 58.7 cm³/mol. The number of nitrogens with zero attached hydrogens (tertiary/aromatic N) is 4. The molecule has 80 valence electrons. The molecule has 0 aromatic carbocycles. The van der Waals surface area contributed by atoms with Crippen LogP contribution in [0.1, 0.15) is 24.1 Å². The highest BCUT2D eigenvalue weighted by atomic mass is 15.3. The number of hydrogen-bond donors (Lipinski definition) is 0. The first-order valence-electron chi connectivity index (χ1n) is 5.21. The summed E-state index contributed by atoms with van der Waals surface area (Å²) in [4.78, 5) is 4.33. The van der Waals surface area contributed by atoms with Gasteiger partial charge in [-0.15, -0.1) is 0 Å². The molecule has 0 amide bonds. The fraction of sp³-hybridized carbons (Fsp3) is 0.455. The predicted octanol–water partition coefficient (Wildman–Crippen LogP) is 1.76. The molecule has 0 atom stereocenters. The van der Waals surface area contributed by atoms with Crippen LogP contribution >= 0.6 is 0 Å². The number of hydrogen-bond acceptors (Lipinski definition) is 2. The Morgan fingerprint density at radius 2 is 2.13 bits per heavy atom. The summed E-state index contributed by atoms with van der Waals surface area (Å²) < 4.78 is 4.13. The van der Waals surface area contributed by atoms with Gasteiger partial charge in [-0.25, -0.2) is 4.98 Å². The van der Waals surface area contributed by atoms with Gasteiger partial charge in [0.1, 0.15) is 5.82 Å². The van der Waals surface area contributed by atoms with Crippen LogP contribution in [0.5, 0.6) is 0 Å². The fourth-order valence-electron chi connectivity index (χ4n) is 1.75. The molecule has 2 aromatic heterocycles. The van der Waals surface area contributed by atoms with Crippen molar-refractivity contribution in [3.63, 3.8) is 0 Å². The van der Waals surface area contributed by atoms with Crippen LogP contribution in [0.3, 0.4) is 0 Å². The van der Waals surface area contributed by atoms with Gasteiger partial charge >= 0.3 is 0 Å². The van der Waals surface area contributed by atoms with Gasteiger partial charge in [0.15, 0.2) is 0 Å². The minimum atomic E-state index is 0.751.